The maximum atomic E-state index is 13.0. The minimum absolute atomic E-state index is 0.0456. The zero-order chi connectivity index (χ0) is 29.5. The highest BCUT2D eigenvalue weighted by Crippen LogP contribution is 2.29. The van der Waals surface area contributed by atoms with Crippen molar-refractivity contribution >= 4 is 17.8 Å². The Bertz CT molecular complexity index is 1080. The van der Waals surface area contributed by atoms with E-state index in [1.54, 1.807) is 6.92 Å². The third kappa shape index (κ3) is 11.1. The minimum Gasteiger partial charge on any atom is -0.493 e. The fraction of sp³-hybridized carbons (Fsp3) is 0.517. The number of nitrogens with one attached hydrogen (secondary N) is 1. The Hall–Kier alpha value is -3.86. The van der Waals surface area contributed by atoms with E-state index < -0.39 is 36.8 Å². The maximum absolute atomic E-state index is 13.0. The number of nitrogens with zero attached hydrogens (tertiary/aromatic N) is 1. The molecule has 0 spiro atoms. The van der Waals surface area contributed by atoms with Gasteiger partial charge >= 0.3 is 11.9 Å². The van der Waals surface area contributed by atoms with Crippen LogP contribution in [0.25, 0.3) is 0 Å². The SMILES string of the molecule is CCC(C)C.COc1ccnc(C(=O)N[C@H]2COCC(Oc3ccccc3)CC(C)OC2=O)c1OCOC(C)=O. The van der Waals surface area contributed by atoms with Gasteiger partial charge in [0.25, 0.3) is 5.91 Å². The Kier molecular flexibility index (Phi) is 13.7. The fourth-order valence-electron chi connectivity index (χ4n) is 3.32. The summed E-state index contributed by atoms with van der Waals surface area (Å²) in [5, 5.41) is 2.57. The van der Waals surface area contributed by atoms with Crippen molar-refractivity contribution in [3.05, 3.63) is 48.3 Å². The Balaban J connectivity index is 0.00000103. The molecule has 2 unspecified atom stereocenters. The molecule has 1 amide bonds. The van der Waals surface area contributed by atoms with Crippen molar-refractivity contribution in [2.75, 3.05) is 27.1 Å². The number of hydrogen-bond acceptors (Lipinski definition) is 10. The van der Waals surface area contributed by atoms with Gasteiger partial charge in [0.05, 0.1) is 20.3 Å². The number of rotatable bonds is 9. The first-order chi connectivity index (χ1) is 19.1. The predicted octanol–water partition coefficient (Wildman–Crippen LogP) is 3.94. The quantitative estimate of drug-likeness (QED) is 0.355. The second-order valence-corrected chi connectivity index (χ2v) is 9.49. The van der Waals surface area contributed by atoms with Crippen LogP contribution in [0.2, 0.25) is 0 Å². The lowest BCUT2D eigenvalue weighted by molar-refractivity contribution is -0.151. The number of para-hydroxylation sites is 1. The average molecular weight is 561 g/mol. The van der Waals surface area contributed by atoms with Gasteiger partial charge in [-0.1, -0.05) is 45.4 Å². The van der Waals surface area contributed by atoms with Gasteiger partial charge in [-0.2, -0.15) is 0 Å². The van der Waals surface area contributed by atoms with E-state index in [9.17, 15) is 14.4 Å². The van der Waals surface area contributed by atoms with E-state index in [0.717, 1.165) is 5.92 Å². The summed E-state index contributed by atoms with van der Waals surface area (Å²) in [6.45, 7) is 9.21. The van der Waals surface area contributed by atoms with Crippen molar-refractivity contribution in [1.29, 1.82) is 0 Å². The molecular formula is C29H40N2O9. The van der Waals surface area contributed by atoms with Gasteiger partial charge in [-0.15, -0.1) is 0 Å². The molecule has 1 aromatic heterocycles. The molecule has 1 saturated heterocycles. The Morgan fingerprint density at radius 1 is 1.15 bits per heavy atom. The van der Waals surface area contributed by atoms with Crippen molar-refractivity contribution < 1.29 is 42.8 Å². The summed E-state index contributed by atoms with van der Waals surface area (Å²) >= 11 is 0. The van der Waals surface area contributed by atoms with Crippen LogP contribution in [0.4, 0.5) is 0 Å². The smallest absolute Gasteiger partial charge is 0.331 e. The first kappa shape index (κ1) is 32.4. The molecule has 220 valence electrons. The molecule has 1 aliphatic heterocycles. The predicted molar refractivity (Wildman–Crippen MR) is 146 cm³/mol. The number of cyclic esters (lactones) is 1. The molecule has 11 heteroatoms. The van der Waals surface area contributed by atoms with Crippen molar-refractivity contribution in [3.8, 4) is 17.2 Å². The van der Waals surface area contributed by atoms with E-state index in [-0.39, 0.29) is 36.5 Å². The number of esters is 2. The fourth-order valence-corrected chi connectivity index (χ4v) is 3.32. The lowest BCUT2D eigenvalue weighted by Crippen LogP contribution is -2.45. The Morgan fingerprint density at radius 3 is 2.48 bits per heavy atom. The van der Waals surface area contributed by atoms with Gasteiger partial charge in [-0.25, -0.2) is 9.78 Å². The Morgan fingerprint density at radius 2 is 1.85 bits per heavy atom. The van der Waals surface area contributed by atoms with Gasteiger partial charge in [0, 0.05) is 25.6 Å². The van der Waals surface area contributed by atoms with Crippen LogP contribution in [0, 0.1) is 5.92 Å². The lowest BCUT2D eigenvalue weighted by atomic mass is 10.2. The topological polar surface area (TPSA) is 132 Å². The van der Waals surface area contributed by atoms with Crippen LogP contribution in [0.3, 0.4) is 0 Å². The second-order valence-electron chi connectivity index (χ2n) is 9.49. The van der Waals surface area contributed by atoms with Crippen LogP contribution in [-0.2, 0) is 23.8 Å². The summed E-state index contributed by atoms with van der Waals surface area (Å²) in [6.07, 6.45) is 2.23. The zero-order valence-corrected chi connectivity index (χ0v) is 24.0. The summed E-state index contributed by atoms with van der Waals surface area (Å²) < 4.78 is 32.6. The van der Waals surface area contributed by atoms with Crippen LogP contribution in [0.1, 0.15) is 57.9 Å². The van der Waals surface area contributed by atoms with E-state index >= 15 is 0 Å². The molecule has 3 atom stereocenters. The highest BCUT2D eigenvalue weighted by Gasteiger charge is 2.31. The summed E-state index contributed by atoms with van der Waals surface area (Å²) in [4.78, 5) is 40.8. The number of aromatic nitrogens is 1. The first-order valence-electron chi connectivity index (χ1n) is 13.2. The number of carbonyl (C=O) groups is 3. The molecule has 2 heterocycles. The van der Waals surface area contributed by atoms with Crippen LogP contribution in [0.15, 0.2) is 42.6 Å². The molecule has 1 fully saturated rings. The van der Waals surface area contributed by atoms with Crippen LogP contribution >= 0.6 is 0 Å². The molecule has 1 aromatic carbocycles. The summed E-state index contributed by atoms with van der Waals surface area (Å²) in [5.41, 5.74) is -0.164. The average Bonchev–Trinajstić information content (AvgIpc) is 2.98. The normalized spacial score (nSPS) is 19.0. The second kappa shape index (κ2) is 17.0. The van der Waals surface area contributed by atoms with Gasteiger partial charge in [-0.05, 0) is 25.0 Å². The highest BCUT2D eigenvalue weighted by atomic mass is 16.7. The van der Waals surface area contributed by atoms with Crippen molar-refractivity contribution in [2.45, 2.75) is 65.7 Å². The first-order valence-corrected chi connectivity index (χ1v) is 13.2. The van der Waals surface area contributed by atoms with E-state index in [4.69, 9.17) is 28.4 Å². The molecule has 0 bridgehead atoms. The number of hydrogen-bond donors (Lipinski definition) is 1. The zero-order valence-electron chi connectivity index (χ0n) is 24.0. The van der Waals surface area contributed by atoms with E-state index in [1.807, 2.05) is 30.3 Å². The standard InChI is InChI=1S/C24H28N2O9.C5H12/c1-15-11-18(35-17-7-5-4-6-8-17)12-31-13-19(24(29)34-15)26-23(28)21-22(33-14-32-16(2)27)20(30-3)9-10-25-21;1-4-5(2)3/h4-10,15,18-19H,11-14H2,1-3H3,(H,26,28);5H,4H2,1-3H3/t15?,18?,19-;/m0./s1. The summed E-state index contributed by atoms with van der Waals surface area (Å²) in [5.74, 6) is -0.235. The highest BCUT2D eigenvalue weighted by molar-refractivity contribution is 5.98. The number of methoxy groups -OCH3 is 1. The monoisotopic (exact) mass is 560 g/mol. The third-order valence-corrected chi connectivity index (χ3v) is 5.72. The van der Waals surface area contributed by atoms with Gasteiger partial charge in [-0.3, -0.25) is 9.59 Å². The van der Waals surface area contributed by atoms with Crippen molar-refractivity contribution in [2.24, 2.45) is 5.92 Å². The summed E-state index contributed by atoms with van der Waals surface area (Å²) in [6, 6.07) is 9.63. The molecule has 0 aliphatic carbocycles. The lowest BCUT2D eigenvalue weighted by Gasteiger charge is -2.21. The number of amides is 1. The molecule has 40 heavy (non-hydrogen) atoms. The number of benzene rings is 1. The summed E-state index contributed by atoms with van der Waals surface area (Å²) in [7, 11) is 1.38. The van der Waals surface area contributed by atoms with Crippen molar-refractivity contribution in [3.63, 3.8) is 0 Å². The Labute approximate surface area is 235 Å². The van der Waals surface area contributed by atoms with Gasteiger partial charge in [0.2, 0.25) is 6.79 Å². The molecule has 1 N–H and O–H groups in total. The van der Waals surface area contributed by atoms with Gasteiger partial charge in [0.15, 0.2) is 23.2 Å². The van der Waals surface area contributed by atoms with Gasteiger partial charge < -0.3 is 33.7 Å². The molecule has 2 aromatic rings. The maximum Gasteiger partial charge on any atom is 0.331 e. The van der Waals surface area contributed by atoms with Crippen molar-refractivity contribution in [1.82, 2.24) is 10.3 Å². The van der Waals surface area contributed by atoms with E-state index in [2.05, 4.69) is 31.1 Å². The van der Waals surface area contributed by atoms with Gasteiger partial charge in [0.1, 0.15) is 18.0 Å². The molecule has 0 saturated carbocycles. The number of ether oxygens (including phenoxy) is 6. The van der Waals surface area contributed by atoms with Crippen LogP contribution < -0.4 is 19.5 Å². The molecular weight excluding hydrogens is 520 g/mol. The molecule has 0 radical (unpaired) electrons. The van der Waals surface area contributed by atoms with E-state index in [1.165, 1.54) is 32.7 Å². The number of pyridine rings is 1. The molecule has 11 nitrogen and oxygen atoms in total. The molecule has 3 rings (SSSR count). The van der Waals surface area contributed by atoms with Crippen LogP contribution in [-0.4, -0.2) is 68.2 Å². The largest absolute Gasteiger partial charge is 0.493 e. The molecule has 1 aliphatic rings. The number of carbonyl (C=O) groups excluding carboxylic acids is 3. The van der Waals surface area contributed by atoms with E-state index in [0.29, 0.717) is 12.2 Å². The van der Waals surface area contributed by atoms with Crippen LogP contribution in [0.5, 0.6) is 17.2 Å². The minimum atomic E-state index is -1.10. The third-order valence-electron chi connectivity index (χ3n) is 5.72.